The Morgan fingerprint density at radius 3 is 1.58 bits per heavy atom. The van der Waals surface area contributed by atoms with E-state index in [0.717, 1.165) is 57.8 Å². The number of aliphatic hydroxyl groups is 2. The van der Waals surface area contributed by atoms with Crippen molar-refractivity contribution in [2.75, 3.05) is 33.0 Å². The number of phosphoric acid groups is 1. The van der Waals surface area contributed by atoms with E-state index in [2.05, 4.69) is 26.0 Å². The highest BCUT2D eigenvalue weighted by atomic mass is 31.2. The Kier molecular flexibility index (Phi) is 37.3. The summed E-state index contributed by atoms with van der Waals surface area (Å²) in [4.78, 5) is 22.4. The summed E-state index contributed by atoms with van der Waals surface area (Å²) in [7, 11) is -4.51. The third-order valence-electron chi connectivity index (χ3n) is 8.93. The third-order valence-corrected chi connectivity index (χ3v) is 9.88. The van der Waals surface area contributed by atoms with Crippen molar-refractivity contribution >= 4 is 13.8 Å². The molecule has 0 rings (SSSR count). The molecule has 9 nitrogen and oxygen atoms in total. The number of esters is 1. The van der Waals surface area contributed by atoms with Gasteiger partial charge in [0.1, 0.15) is 12.2 Å². The number of allylic oxidation sites excluding steroid dienone is 2. The first kappa shape index (κ1) is 49.2. The fraction of sp³-hybridized carbons (Fsp3) is 0.925. The highest BCUT2D eigenvalue weighted by Gasteiger charge is 2.26. The lowest BCUT2D eigenvalue weighted by atomic mass is 10.0. The maximum absolute atomic E-state index is 12.5. The molecule has 0 aromatic heterocycles. The van der Waals surface area contributed by atoms with Crippen LogP contribution in [-0.2, 0) is 27.9 Å². The van der Waals surface area contributed by atoms with Crippen LogP contribution in [0.5, 0.6) is 0 Å². The second kappa shape index (κ2) is 37.9. The molecule has 3 atom stereocenters. The SMILES string of the molecule is CCC/C=C\CCCCCCCC(=O)OC(COCCCCCCCCCCCCCCCCCCCCC)COP(=O)(O)OCC(O)CO. The molecule has 0 aliphatic carbocycles. The minimum atomic E-state index is -4.51. The van der Waals surface area contributed by atoms with Crippen molar-refractivity contribution in [2.24, 2.45) is 0 Å². The van der Waals surface area contributed by atoms with Crippen LogP contribution in [0.4, 0.5) is 0 Å². The molecule has 10 heteroatoms. The molecule has 0 bridgehead atoms. The van der Waals surface area contributed by atoms with Crippen molar-refractivity contribution in [3.63, 3.8) is 0 Å². The molecule has 0 saturated heterocycles. The second-order valence-electron chi connectivity index (χ2n) is 14.0. The quantitative estimate of drug-likeness (QED) is 0.0243. The number of carbonyl (C=O) groups excluding carboxylic acids is 1. The molecule has 50 heavy (non-hydrogen) atoms. The van der Waals surface area contributed by atoms with Crippen LogP contribution in [0, 0.1) is 0 Å². The van der Waals surface area contributed by atoms with Gasteiger partial charge in [-0.1, -0.05) is 167 Å². The Hall–Kier alpha value is -0.800. The van der Waals surface area contributed by atoms with Crippen LogP contribution < -0.4 is 0 Å². The third kappa shape index (κ3) is 37.0. The fourth-order valence-electron chi connectivity index (χ4n) is 5.77. The lowest BCUT2D eigenvalue weighted by Gasteiger charge is -2.20. The van der Waals surface area contributed by atoms with Gasteiger partial charge in [0.15, 0.2) is 0 Å². The van der Waals surface area contributed by atoms with Crippen LogP contribution in [0.3, 0.4) is 0 Å². The van der Waals surface area contributed by atoms with Gasteiger partial charge in [-0.25, -0.2) is 4.57 Å². The Bertz CT molecular complexity index is 795. The number of aliphatic hydroxyl groups excluding tert-OH is 2. The minimum absolute atomic E-state index is 0.0512. The summed E-state index contributed by atoms with van der Waals surface area (Å²) in [6.07, 6.45) is 36.1. The molecule has 0 amide bonds. The zero-order chi connectivity index (χ0) is 36.8. The Morgan fingerprint density at radius 1 is 0.600 bits per heavy atom. The van der Waals surface area contributed by atoms with Gasteiger partial charge in [-0.15, -0.1) is 0 Å². The molecule has 0 aliphatic heterocycles. The van der Waals surface area contributed by atoms with Crippen molar-refractivity contribution in [3.05, 3.63) is 12.2 Å². The summed E-state index contributed by atoms with van der Waals surface area (Å²) in [5.41, 5.74) is 0. The molecular weight excluding hydrogens is 655 g/mol. The monoisotopic (exact) mass is 735 g/mol. The second-order valence-corrected chi connectivity index (χ2v) is 15.5. The van der Waals surface area contributed by atoms with Crippen molar-refractivity contribution < 1.29 is 43.0 Å². The molecule has 0 radical (unpaired) electrons. The molecular formula is C40H79O9P. The molecule has 3 N–H and O–H groups in total. The molecule has 0 spiro atoms. The predicted molar refractivity (Wildman–Crippen MR) is 205 cm³/mol. The number of phosphoric ester groups is 1. The summed E-state index contributed by atoms with van der Waals surface area (Å²) in [6, 6.07) is 0. The van der Waals surface area contributed by atoms with Gasteiger partial charge >= 0.3 is 13.8 Å². The molecule has 298 valence electrons. The summed E-state index contributed by atoms with van der Waals surface area (Å²) in [5.74, 6) is -0.391. The molecule has 0 heterocycles. The summed E-state index contributed by atoms with van der Waals surface area (Å²) in [6.45, 7) is 3.47. The number of unbranched alkanes of at least 4 members (excludes halogenated alkanes) is 24. The van der Waals surface area contributed by atoms with Gasteiger partial charge in [0.2, 0.25) is 0 Å². The van der Waals surface area contributed by atoms with E-state index in [4.69, 9.17) is 23.6 Å². The summed E-state index contributed by atoms with van der Waals surface area (Å²) >= 11 is 0. The Morgan fingerprint density at radius 2 is 1.06 bits per heavy atom. The van der Waals surface area contributed by atoms with Gasteiger partial charge in [-0.3, -0.25) is 13.8 Å². The zero-order valence-corrected chi connectivity index (χ0v) is 33.3. The van der Waals surface area contributed by atoms with E-state index in [1.165, 1.54) is 116 Å². The topological polar surface area (TPSA) is 132 Å². The first-order valence-electron chi connectivity index (χ1n) is 20.7. The van der Waals surface area contributed by atoms with Crippen molar-refractivity contribution in [1.29, 1.82) is 0 Å². The summed E-state index contributed by atoms with van der Waals surface area (Å²) < 4.78 is 33.2. The largest absolute Gasteiger partial charge is 0.472 e. The lowest BCUT2D eigenvalue weighted by molar-refractivity contribution is -0.154. The standard InChI is InChI=1S/C40H79O9P/c1-3-5-7-9-11-13-15-16-17-18-19-20-21-22-23-25-27-29-31-33-46-36-39(37-48-50(44,45)47-35-38(42)34-41)49-40(43)32-30-28-26-24-14-12-10-8-6-4-2/h8,10,38-39,41-42H,3-7,9,11-37H2,1-2H3,(H,44,45)/b10-8-. The van der Waals surface area contributed by atoms with E-state index < -0.39 is 39.2 Å². The molecule has 0 aliphatic rings. The van der Waals surface area contributed by atoms with Gasteiger partial charge in [-0.2, -0.15) is 0 Å². The Labute approximate surface area is 307 Å². The summed E-state index contributed by atoms with van der Waals surface area (Å²) in [5, 5.41) is 18.3. The average Bonchev–Trinajstić information content (AvgIpc) is 3.10. The van der Waals surface area contributed by atoms with Crippen LogP contribution in [0.15, 0.2) is 12.2 Å². The molecule has 0 aromatic rings. The Balaban J connectivity index is 4.07. The van der Waals surface area contributed by atoms with Gasteiger partial charge < -0.3 is 24.6 Å². The van der Waals surface area contributed by atoms with Gasteiger partial charge in [0.25, 0.3) is 0 Å². The van der Waals surface area contributed by atoms with Crippen molar-refractivity contribution in [3.8, 4) is 0 Å². The smallest absolute Gasteiger partial charge is 0.457 e. The first-order chi connectivity index (χ1) is 24.3. The number of hydrogen-bond acceptors (Lipinski definition) is 8. The van der Waals surface area contributed by atoms with Crippen molar-refractivity contribution in [1.82, 2.24) is 0 Å². The normalized spacial score (nSPS) is 14.3. The fourth-order valence-corrected chi connectivity index (χ4v) is 6.56. The van der Waals surface area contributed by atoms with E-state index in [1.807, 2.05) is 0 Å². The van der Waals surface area contributed by atoms with E-state index >= 15 is 0 Å². The van der Waals surface area contributed by atoms with Crippen LogP contribution in [0.1, 0.15) is 194 Å². The minimum Gasteiger partial charge on any atom is -0.457 e. The lowest BCUT2D eigenvalue weighted by Crippen LogP contribution is -2.29. The molecule has 3 unspecified atom stereocenters. The highest BCUT2D eigenvalue weighted by Crippen LogP contribution is 2.43. The van der Waals surface area contributed by atoms with Gasteiger partial charge in [-0.05, 0) is 32.1 Å². The van der Waals surface area contributed by atoms with Crippen LogP contribution in [-0.4, -0.2) is 66.3 Å². The average molecular weight is 735 g/mol. The molecule has 0 fully saturated rings. The van der Waals surface area contributed by atoms with Gasteiger partial charge in [0, 0.05) is 13.0 Å². The van der Waals surface area contributed by atoms with E-state index in [-0.39, 0.29) is 19.6 Å². The number of carbonyl (C=O) groups is 1. The number of hydrogen-bond donors (Lipinski definition) is 3. The van der Waals surface area contributed by atoms with E-state index in [0.29, 0.717) is 6.61 Å². The van der Waals surface area contributed by atoms with E-state index in [9.17, 15) is 19.4 Å². The van der Waals surface area contributed by atoms with Gasteiger partial charge in [0.05, 0.1) is 26.4 Å². The molecule has 0 aromatic carbocycles. The predicted octanol–water partition coefficient (Wildman–Crippen LogP) is 10.9. The highest BCUT2D eigenvalue weighted by molar-refractivity contribution is 7.47. The van der Waals surface area contributed by atoms with E-state index in [1.54, 1.807) is 0 Å². The first-order valence-corrected chi connectivity index (χ1v) is 22.2. The van der Waals surface area contributed by atoms with Crippen LogP contribution in [0.2, 0.25) is 0 Å². The maximum Gasteiger partial charge on any atom is 0.472 e. The number of rotatable bonds is 40. The molecule has 0 saturated carbocycles. The zero-order valence-electron chi connectivity index (χ0n) is 32.4. The van der Waals surface area contributed by atoms with Crippen molar-refractivity contribution in [2.45, 2.75) is 206 Å². The van der Waals surface area contributed by atoms with Crippen LogP contribution in [0.25, 0.3) is 0 Å². The maximum atomic E-state index is 12.5. The van der Waals surface area contributed by atoms with Crippen LogP contribution >= 0.6 is 7.82 Å². The number of ether oxygens (including phenoxy) is 2.